The minimum atomic E-state index is -4.33. The average Bonchev–Trinajstić information content (AvgIpc) is 3.23. The Hall–Kier alpha value is -3.10. The van der Waals surface area contributed by atoms with E-state index in [1.54, 1.807) is 0 Å². The molecule has 0 saturated heterocycles. The predicted octanol–water partition coefficient (Wildman–Crippen LogP) is 13.9. The molecule has 0 radical (unpaired) electrons. The zero-order chi connectivity index (χ0) is 45.7. The Morgan fingerprint density at radius 1 is 0.565 bits per heavy atom. The zero-order valence-corrected chi connectivity index (χ0v) is 40.7. The van der Waals surface area contributed by atoms with Crippen LogP contribution < -0.4 is 5.32 Å². The molecule has 9 heteroatoms. The Bertz CT molecular complexity index is 1410. The molecule has 352 valence electrons. The van der Waals surface area contributed by atoms with Crippen LogP contribution >= 0.6 is 7.82 Å². The number of nitrogens with zero attached hydrogens (tertiary/aromatic N) is 1. The van der Waals surface area contributed by atoms with Crippen molar-refractivity contribution in [1.29, 1.82) is 0 Å². The molecule has 1 amide bonds. The van der Waals surface area contributed by atoms with Crippen molar-refractivity contribution in [2.75, 3.05) is 40.9 Å². The summed E-state index contributed by atoms with van der Waals surface area (Å²) >= 11 is 0. The van der Waals surface area contributed by atoms with Gasteiger partial charge in [-0.25, -0.2) is 4.57 Å². The van der Waals surface area contributed by atoms with E-state index in [2.05, 4.69) is 141 Å². The quantitative estimate of drug-likeness (QED) is 0.0244. The Morgan fingerprint density at radius 2 is 0.968 bits per heavy atom. The number of hydrogen-bond donors (Lipinski definition) is 3. The van der Waals surface area contributed by atoms with Crippen LogP contribution in [0.25, 0.3) is 0 Å². The summed E-state index contributed by atoms with van der Waals surface area (Å²) in [6, 6.07) is -0.790. The van der Waals surface area contributed by atoms with Gasteiger partial charge >= 0.3 is 7.82 Å². The lowest BCUT2D eigenvalue weighted by Crippen LogP contribution is -2.46. The smallest absolute Gasteiger partial charge is 0.391 e. The van der Waals surface area contributed by atoms with Crippen molar-refractivity contribution in [3.05, 3.63) is 122 Å². The van der Waals surface area contributed by atoms with Crippen LogP contribution in [0.2, 0.25) is 0 Å². The molecule has 0 heterocycles. The van der Waals surface area contributed by atoms with Crippen LogP contribution in [0.3, 0.4) is 0 Å². The molecule has 3 atom stereocenters. The van der Waals surface area contributed by atoms with Gasteiger partial charge in [0, 0.05) is 6.42 Å². The Kier molecular flexibility index (Phi) is 41.0. The van der Waals surface area contributed by atoms with Crippen molar-refractivity contribution < 1.29 is 32.9 Å². The van der Waals surface area contributed by atoms with E-state index in [1.807, 2.05) is 21.1 Å². The number of amides is 1. The SMILES string of the molecule is CC/C=C\C/C=C\C/C=C\C/C=C\C/C=C\C/C=C\C/C=C\C/C=C\C/C=C\C/C=C\CCCCC(=O)NC(COP(=O)(O)OCC[N+](C)(C)C)C(O)CCCCCCCCC. The molecule has 3 unspecified atom stereocenters. The summed E-state index contributed by atoms with van der Waals surface area (Å²) in [5.41, 5.74) is 0. The first-order chi connectivity index (χ1) is 30.0. The summed E-state index contributed by atoms with van der Waals surface area (Å²) in [7, 11) is 1.56. The van der Waals surface area contributed by atoms with E-state index in [-0.39, 0.29) is 19.1 Å². The second-order valence-corrected chi connectivity index (χ2v) is 18.2. The van der Waals surface area contributed by atoms with Gasteiger partial charge in [0.2, 0.25) is 5.91 Å². The van der Waals surface area contributed by atoms with Gasteiger partial charge in [0.15, 0.2) is 0 Å². The van der Waals surface area contributed by atoms with E-state index in [0.29, 0.717) is 30.3 Å². The predicted molar refractivity (Wildman–Crippen MR) is 267 cm³/mol. The third-order valence-corrected chi connectivity index (χ3v) is 10.7. The second-order valence-electron chi connectivity index (χ2n) is 16.8. The number of aliphatic hydroxyl groups is 1. The summed E-state index contributed by atoms with van der Waals surface area (Å²) in [6.07, 6.45) is 64.1. The fourth-order valence-electron chi connectivity index (χ4n) is 5.95. The maximum Gasteiger partial charge on any atom is 0.472 e. The number of quaternary nitrogens is 1. The van der Waals surface area contributed by atoms with Crippen molar-refractivity contribution in [2.45, 2.75) is 167 Å². The van der Waals surface area contributed by atoms with Crippen molar-refractivity contribution in [3.63, 3.8) is 0 Å². The molecule has 0 aliphatic rings. The molecule has 0 fully saturated rings. The Morgan fingerprint density at radius 3 is 1.39 bits per heavy atom. The Labute approximate surface area is 380 Å². The van der Waals surface area contributed by atoms with E-state index >= 15 is 0 Å². The fraction of sp³-hybridized carbons (Fsp3) is 0.604. The number of carbonyl (C=O) groups excluding carboxylic acids is 1. The van der Waals surface area contributed by atoms with Crippen LogP contribution in [0.5, 0.6) is 0 Å². The number of unbranched alkanes of at least 4 members (excludes halogenated alkanes) is 8. The van der Waals surface area contributed by atoms with E-state index < -0.39 is 20.0 Å². The normalized spacial score (nSPS) is 15.3. The van der Waals surface area contributed by atoms with Crippen LogP contribution in [-0.2, 0) is 18.4 Å². The van der Waals surface area contributed by atoms with E-state index in [4.69, 9.17) is 9.05 Å². The highest BCUT2D eigenvalue weighted by Crippen LogP contribution is 2.43. The molecular weight excluding hydrogens is 792 g/mol. The molecule has 3 N–H and O–H groups in total. The molecule has 0 aromatic carbocycles. The van der Waals surface area contributed by atoms with Gasteiger partial charge in [-0.2, -0.15) is 0 Å². The first-order valence-electron chi connectivity index (χ1n) is 23.9. The first-order valence-corrected chi connectivity index (χ1v) is 25.4. The summed E-state index contributed by atoms with van der Waals surface area (Å²) in [5.74, 6) is -0.198. The highest BCUT2D eigenvalue weighted by atomic mass is 31.2. The highest BCUT2D eigenvalue weighted by Gasteiger charge is 2.28. The summed E-state index contributed by atoms with van der Waals surface area (Å²) < 4.78 is 23.5. The van der Waals surface area contributed by atoms with Crippen molar-refractivity contribution in [2.24, 2.45) is 0 Å². The summed E-state index contributed by atoms with van der Waals surface area (Å²) in [4.78, 5) is 23.0. The van der Waals surface area contributed by atoms with Gasteiger partial charge in [-0.15, -0.1) is 0 Å². The lowest BCUT2D eigenvalue weighted by molar-refractivity contribution is -0.870. The van der Waals surface area contributed by atoms with Gasteiger partial charge in [-0.1, -0.05) is 180 Å². The number of aliphatic hydroxyl groups excluding tert-OH is 1. The van der Waals surface area contributed by atoms with E-state index in [0.717, 1.165) is 96.3 Å². The van der Waals surface area contributed by atoms with Crippen LogP contribution in [-0.4, -0.2) is 73.4 Å². The number of rotatable bonds is 41. The van der Waals surface area contributed by atoms with E-state index in [9.17, 15) is 19.4 Å². The standard InChI is InChI=1S/C53H89N2O6P/c1-6-8-10-12-14-15-16-17-18-19-20-21-22-23-24-25-26-27-28-29-30-31-32-33-34-35-36-37-38-39-41-43-45-47-53(57)54-51(52(56)46-44-42-40-13-11-9-7-2)50-61-62(58,59)60-49-48-55(3,4)5/h8,10,14-15,17-18,20-21,23-24,26-27,29-30,32-33,35-36,38-39,51-52,56H,6-7,9,11-13,16,19,22,25,28,31,34,37,40-50H2,1-5H3,(H-,54,57,58,59)/p+1/b10-8-,15-14-,18-17-,21-20-,24-23-,27-26-,30-29-,33-32-,36-35-,39-38-. The molecule has 0 aliphatic carbocycles. The van der Waals surface area contributed by atoms with Crippen LogP contribution in [0.4, 0.5) is 0 Å². The first kappa shape index (κ1) is 58.9. The molecule has 0 bridgehead atoms. The van der Waals surface area contributed by atoms with Crippen molar-refractivity contribution in [1.82, 2.24) is 5.32 Å². The van der Waals surface area contributed by atoms with Gasteiger partial charge < -0.3 is 19.8 Å². The zero-order valence-electron chi connectivity index (χ0n) is 39.8. The number of carbonyl (C=O) groups is 1. The summed E-state index contributed by atoms with van der Waals surface area (Å²) in [6.45, 7) is 4.65. The van der Waals surface area contributed by atoms with Crippen LogP contribution in [0, 0.1) is 0 Å². The number of likely N-dealkylation sites (N-methyl/N-ethyl adjacent to an activating group) is 1. The van der Waals surface area contributed by atoms with Gasteiger partial charge in [-0.3, -0.25) is 13.8 Å². The maximum absolute atomic E-state index is 12.8. The molecule has 0 aliphatic heterocycles. The minimum absolute atomic E-state index is 0.0582. The largest absolute Gasteiger partial charge is 0.472 e. The molecule has 0 aromatic heterocycles. The third kappa shape index (κ3) is 44.9. The average molecular weight is 882 g/mol. The number of hydrogen-bond acceptors (Lipinski definition) is 5. The summed E-state index contributed by atoms with van der Waals surface area (Å²) in [5, 5.41) is 13.8. The number of phosphoric ester groups is 1. The number of allylic oxidation sites excluding steroid dienone is 20. The van der Waals surface area contributed by atoms with Gasteiger partial charge in [-0.05, 0) is 89.9 Å². The number of nitrogens with one attached hydrogen (secondary N) is 1. The van der Waals surface area contributed by atoms with Crippen LogP contribution in [0.1, 0.15) is 155 Å². The minimum Gasteiger partial charge on any atom is -0.391 e. The number of phosphoric acid groups is 1. The highest BCUT2D eigenvalue weighted by molar-refractivity contribution is 7.47. The molecule has 0 rings (SSSR count). The molecule has 8 nitrogen and oxygen atoms in total. The Balaban J connectivity index is 4.21. The fourth-order valence-corrected chi connectivity index (χ4v) is 6.69. The van der Waals surface area contributed by atoms with Gasteiger partial charge in [0.25, 0.3) is 0 Å². The molecule has 0 saturated carbocycles. The van der Waals surface area contributed by atoms with Gasteiger partial charge in [0.05, 0.1) is 39.9 Å². The molecular formula is C53H90N2O6P+. The monoisotopic (exact) mass is 882 g/mol. The molecule has 0 aromatic rings. The molecule has 62 heavy (non-hydrogen) atoms. The topological polar surface area (TPSA) is 105 Å². The van der Waals surface area contributed by atoms with Crippen molar-refractivity contribution in [3.8, 4) is 0 Å². The van der Waals surface area contributed by atoms with Gasteiger partial charge in [0.1, 0.15) is 13.2 Å². The maximum atomic E-state index is 12.8. The molecule has 0 spiro atoms. The van der Waals surface area contributed by atoms with Crippen molar-refractivity contribution >= 4 is 13.7 Å². The van der Waals surface area contributed by atoms with E-state index in [1.165, 1.54) is 25.7 Å². The van der Waals surface area contributed by atoms with Crippen LogP contribution in [0.15, 0.2) is 122 Å². The third-order valence-electron chi connectivity index (χ3n) is 9.72. The lowest BCUT2D eigenvalue weighted by atomic mass is 10.0. The lowest BCUT2D eigenvalue weighted by Gasteiger charge is -2.26. The second kappa shape index (κ2) is 43.2.